The third-order valence-corrected chi connectivity index (χ3v) is 6.93. The van der Waals surface area contributed by atoms with Gasteiger partial charge in [-0.1, -0.05) is 0 Å². The number of aryl methyl sites for hydroxylation is 1. The molecule has 0 aromatic carbocycles. The van der Waals surface area contributed by atoms with Gasteiger partial charge in [0.05, 0.1) is 17.7 Å². The second-order valence-electron chi connectivity index (χ2n) is 9.17. The largest absolute Gasteiger partial charge is 0.391 e. The van der Waals surface area contributed by atoms with Crippen LogP contribution in [0.3, 0.4) is 0 Å². The van der Waals surface area contributed by atoms with E-state index in [9.17, 15) is 20.0 Å². The summed E-state index contributed by atoms with van der Waals surface area (Å²) in [4.78, 5) is 37.8. The van der Waals surface area contributed by atoms with Crippen molar-refractivity contribution in [3.63, 3.8) is 0 Å². The zero-order chi connectivity index (χ0) is 23.2. The smallest absolute Gasteiger partial charge is 0.255 e. The monoisotopic (exact) mass is 446 g/mol. The summed E-state index contributed by atoms with van der Waals surface area (Å²) >= 11 is 0. The van der Waals surface area contributed by atoms with E-state index < -0.39 is 11.5 Å². The van der Waals surface area contributed by atoms with E-state index in [4.69, 9.17) is 0 Å². The molecular weight excluding hydrogens is 420 g/mol. The third-order valence-electron chi connectivity index (χ3n) is 6.93. The molecule has 2 aromatic rings. The zero-order valence-electron chi connectivity index (χ0n) is 18.5. The molecular formula is C24H26N6O3. The van der Waals surface area contributed by atoms with E-state index >= 15 is 0 Å². The molecule has 2 N–H and O–H groups in total. The standard InChI is InChI=1S/C24H26N6O3/c1-15-10-20(27-12-19(15)22(32)29-8-5-18(31)13-29)28-21-11-17(4-7-26-21)30-9-6-24(14-25,23(30)33)16-2-3-16/h4,7,10-12,16,18,31H,2-3,5-6,8-9,13H2,1H3,(H,26,27,28)/t18-,24+/m0/s1. The quantitative estimate of drug-likeness (QED) is 0.723. The number of aliphatic hydroxyl groups excluding tert-OH is 1. The van der Waals surface area contributed by atoms with Crippen LogP contribution in [0.2, 0.25) is 0 Å². The third kappa shape index (κ3) is 3.80. The molecule has 0 spiro atoms. The van der Waals surface area contributed by atoms with Gasteiger partial charge in [-0.25, -0.2) is 9.97 Å². The van der Waals surface area contributed by atoms with Crippen molar-refractivity contribution >= 4 is 29.1 Å². The molecule has 1 saturated carbocycles. The van der Waals surface area contributed by atoms with Crippen molar-refractivity contribution in [2.45, 2.75) is 38.7 Å². The number of carbonyl (C=O) groups excluding carboxylic acids is 2. The Morgan fingerprint density at radius 1 is 1.24 bits per heavy atom. The fourth-order valence-electron chi connectivity index (χ4n) is 4.87. The summed E-state index contributed by atoms with van der Waals surface area (Å²) < 4.78 is 0. The molecule has 33 heavy (non-hydrogen) atoms. The Balaban J connectivity index is 1.31. The molecule has 170 valence electrons. The lowest BCUT2D eigenvalue weighted by molar-refractivity contribution is -0.123. The molecule has 9 heteroatoms. The molecule has 2 amide bonds. The van der Waals surface area contributed by atoms with Gasteiger partial charge in [0.15, 0.2) is 0 Å². The Bertz CT molecular complexity index is 1160. The number of nitrogens with one attached hydrogen (secondary N) is 1. The Morgan fingerprint density at radius 2 is 2.03 bits per heavy atom. The van der Waals surface area contributed by atoms with E-state index in [-0.39, 0.29) is 17.7 Å². The maximum Gasteiger partial charge on any atom is 0.255 e. The molecule has 3 fully saturated rings. The van der Waals surface area contributed by atoms with Gasteiger partial charge in [0.1, 0.15) is 17.1 Å². The fraction of sp³-hybridized carbons (Fsp3) is 0.458. The van der Waals surface area contributed by atoms with Gasteiger partial charge < -0.3 is 20.2 Å². The van der Waals surface area contributed by atoms with Gasteiger partial charge in [0.25, 0.3) is 5.91 Å². The van der Waals surface area contributed by atoms with Gasteiger partial charge in [-0.05, 0) is 56.2 Å². The van der Waals surface area contributed by atoms with Crippen LogP contribution in [0.15, 0.2) is 30.6 Å². The molecule has 2 aromatic heterocycles. The van der Waals surface area contributed by atoms with Crippen molar-refractivity contribution in [3.05, 3.63) is 41.7 Å². The van der Waals surface area contributed by atoms with Crippen molar-refractivity contribution in [2.75, 3.05) is 29.9 Å². The SMILES string of the molecule is Cc1cc(Nc2cc(N3CC[C@@](C#N)(C4CC4)C3=O)ccn2)ncc1C(=O)N1CC[C@H](O)C1. The first-order valence-corrected chi connectivity index (χ1v) is 11.3. The van der Waals surface area contributed by atoms with E-state index in [1.165, 1.54) is 6.20 Å². The van der Waals surface area contributed by atoms with Gasteiger partial charge in [-0.3, -0.25) is 9.59 Å². The Hall–Kier alpha value is -3.51. The maximum absolute atomic E-state index is 13.1. The molecule has 2 aliphatic heterocycles. The van der Waals surface area contributed by atoms with Crippen LogP contribution in [0.25, 0.3) is 0 Å². The molecule has 3 aliphatic rings. The number of aliphatic hydroxyl groups is 1. The van der Waals surface area contributed by atoms with Crippen LogP contribution in [-0.2, 0) is 4.79 Å². The maximum atomic E-state index is 13.1. The normalized spacial score (nSPS) is 24.8. The highest BCUT2D eigenvalue weighted by atomic mass is 16.3. The molecule has 5 rings (SSSR count). The first kappa shape index (κ1) is 21.3. The Labute approximate surface area is 192 Å². The van der Waals surface area contributed by atoms with Crippen LogP contribution in [0, 0.1) is 29.6 Å². The summed E-state index contributed by atoms with van der Waals surface area (Å²) in [6, 6.07) is 7.64. The number of nitrogens with zero attached hydrogens (tertiary/aromatic N) is 5. The second-order valence-corrected chi connectivity index (χ2v) is 9.17. The molecule has 0 unspecified atom stereocenters. The van der Waals surface area contributed by atoms with E-state index in [1.807, 2.05) is 6.92 Å². The summed E-state index contributed by atoms with van der Waals surface area (Å²) in [5.41, 5.74) is 1.09. The van der Waals surface area contributed by atoms with Crippen LogP contribution in [0.1, 0.15) is 41.6 Å². The molecule has 0 bridgehead atoms. The lowest BCUT2D eigenvalue weighted by Gasteiger charge is -2.21. The molecule has 9 nitrogen and oxygen atoms in total. The average molecular weight is 447 g/mol. The number of anilines is 3. The van der Waals surface area contributed by atoms with Crippen LogP contribution in [-0.4, -0.2) is 57.5 Å². The van der Waals surface area contributed by atoms with Crippen LogP contribution >= 0.6 is 0 Å². The van der Waals surface area contributed by atoms with Gasteiger partial charge in [0, 0.05) is 43.8 Å². The zero-order valence-corrected chi connectivity index (χ0v) is 18.5. The minimum Gasteiger partial charge on any atom is -0.391 e. The summed E-state index contributed by atoms with van der Waals surface area (Å²) in [6.07, 6.45) is 5.73. The average Bonchev–Trinajstić information content (AvgIpc) is 3.48. The lowest BCUT2D eigenvalue weighted by atomic mass is 9.83. The molecule has 2 saturated heterocycles. The van der Waals surface area contributed by atoms with Gasteiger partial charge in [-0.2, -0.15) is 5.26 Å². The number of hydrogen-bond acceptors (Lipinski definition) is 7. The van der Waals surface area contributed by atoms with E-state index in [2.05, 4.69) is 21.4 Å². The highest BCUT2D eigenvalue weighted by molar-refractivity contribution is 6.02. The lowest BCUT2D eigenvalue weighted by Crippen LogP contribution is -2.35. The Kier molecular flexibility index (Phi) is 5.25. The van der Waals surface area contributed by atoms with E-state index in [0.29, 0.717) is 55.4 Å². The minimum absolute atomic E-state index is 0.117. The Morgan fingerprint density at radius 3 is 2.70 bits per heavy atom. The summed E-state index contributed by atoms with van der Waals surface area (Å²) in [5, 5.41) is 22.6. The predicted octanol–water partition coefficient (Wildman–Crippen LogP) is 2.39. The number of rotatable bonds is 5. The van der Waals surface area contributed by atoms with Crippen molar-refractivity contribution in [1.82, 2.24) is 14.9 Å². The van der Waals surface area contributed by atoms with Crippen molar-refractivity contribution in [1.29, 1.82) is 5.26 Å². The molecule has 0 radical (unpaired) electrons. The highest BCUT2D eigenvalue weighted by Crippen LogP contribution is 2.51. The summed E-state index contributed by atoms with van der Waals surface area (Å²) in [6.45, 7) is 3.25. The van der Waals surface area contributed by atoms with Gasteiger partial charge in [-0.15, -0.1) is 0 Å². The van der Waals surface area contributed by atoms with E-state index in [0.717, 1.165) is 18.4 Å². The summed E-state index contributed by atoms with van der Waals surface area (Å²) in [5.74, 6) is 0.986. The minimum atomic E-state index is -0.886. The number of aromatic nitrogens is 2. The number of amides is 2. The first-order chi connectivity index (χ1) is 15.9. The highest BCUT2D eigenvalue weighted by Gasteiger charge is 2.56. The van der Waals surface area contributed by atoms with Crippen LogP contribution < -0.4 is 10.2 Å². The topological polar surface area (TPSA) is 122 Å². The van der Waals surface area contributed by atoms with Crippen molar-refractivity contribution in [3.8, 4) is 6.07 Å². The molecule has 2 atom stereocenters. The first-order valence-electron chi connectivity index (χ1n) is 11.3. The van der Waals surface area contributed by atoms with Crippen molar-refractivity contribution in [2.24, 2.45) is 11.3 Å². The van der Waals surface area contributed by atoms with Crippen molar-refractivity contribution < 1.29 is 14.7 Å². The molecule has 4 heterocycles. The number of likely N-dealkylation sites (tertiary alicyclic amines) is 1. The number of hydrogen-bond donors (Lipinski definition) is 2. The predicted molar refractivity (Wildman–Crippen MR) is 121 cm³/mol. The summed E-state index contributed by atoms with van der Waals surface area (Å²) in [7, 11) is 0. The fourth-order valence-corrected chi connectivity index (χ4v) is 4.87. The van der Waals surface area contributed by atoms with Crippen LogP contribution in [0.4, 0.5) is 17.3 Å². The number of pyridine rings is 2. The van der Waals surface area contributed by atoms with Crippen LogP contribution in [0.5, 0.6) is 0 Å². The van der Waals surface area contributed by atoms with E-state index in [1.54, 1.807) is 34.2 Å². The molecule has 1 aliphatic carbocycles. The number of nitriles is 1. The number of β-amino-alcohol motifs (C(OH)–C–C–N with tert-alkyl or cyclic N) is 1. The second kappa shape index (κ2) is 8.12. The van der Waals surface area contributed by atoms with Gasteiger partial charge in [0.2, 0.25) is 5.91 Å². The number of carbonyl (C=O) groups is 2. The van der Waals surface area contributed by atoms with Gasteiger partial charge >= 0.3 is 0 Å².